The van der Waals surface area contributed by atoms with E-state index in [1.807, 2.05) is 36.4 Å². The number of rotatable bonds is 3. The molecule has 0 aliphatic rings. The molecule has 0 atom stereocenters. The quantitative estimate of drug-likeness (QED) is 0.722. The second kappa shape index (κ2) is 4.57. The smallest absolute Gasteiger partial charge is 0.0540 e. The molecule has 0 saturated heterocycles. The summed E-state index contributed by atoms with van der Waals surface area (Å²) in [7, 11) is 0. The van der Waals surface area contributed by atoms with Crippen LogP contribution >= 0.6 is 0 Å². The van der Waals surface area contributed by atoms with Gasteiger partial charge in [-0.1, -0.05) is 12.1 Å². The lowest BCUT2D eigenvalue weighted by molar-refractivity contribution is -0.307. The predicted molar refractivity (Wildman–Crippen MR) is 59.5 cm³/mol. The average molecular weight is 211 g/mol. The molecule has 2 heterocycles. The van der Waals surface area contributed by atoms with Crippen molar-refractivity contribution in [2.24, 2.45) is 0 Å². The van der Waals surface area contributed by atoms with E-state index in [1.54, 1.807) is 12.4 Å². The van der Waals surface area contributed by atoms with Crippen LogP contribution in [0, 0.1) is 0 Å². The van der Waals surface area contributed by atoms with Crippen LogP contribution < -0.4 is 5.11 Å². The van der Waals surface area contributed by atoms with Gasteiger partial charge in [-0.2, -0.15) is 0 Å². The SMILES string of the molecule is C=C([O-])C(c1ccccn1)c1ccccn1. The fraction of sp³-hybridized carbons (Fsp3) is 0.0769. The fourth-order valence-electron chi connectivity index (χ4n) is 1.57. The highest BCUT2D eigenvalue weighted by Crippen LogP contribution is 2.24. The molecule has 0 fully saturated rings. The van der Waals surface area contributed by atoms with Gasteiger partial charge < -0.3 is 5.11 Å². The summed E-state index contributed by atoms with van der Waals surface area (Å²) in [5, 5.41) is 11.6. The molecule has 0 radical (unpaired) electrons. The summed E-state index contributed by atoms with van der Waals surface area (Å²) in [4.78, 5) is 8.35. The van der Waals surface area contributed by atoms with Crippen LogP contribution in [0.4, 0.5) is 0 Å². The third-order valence-electron chi connectivity index (χ3n) is 2.29. The van der Waals surface area contributed by atoms with E-state index in [0.29, 0.717) is 11.4 Å². The van der Waals surface area contributed by atoms with Crippen molar-refractivity contribution in [2.75, 3.05) is 0 Å². The number of hydrogen-bond donors (Lipinski definition) is 0. The first kappa shape index (κ1) is 10.4. The minimum Gasteiger partial charge on any atom is -0.875 e. The lowest BCUT2D eigenvalue weighted by Gasteiger charge is -2.22. The van der Waals surface area contributed by atoms with Crippen molar-refractivity contribution in [3.8, 4) is 0 Å². The van der Waals surface area contributed by atoms with Gasteiger partial charge in [0, 0.05) is 12.4 Å². The van der Waals surface area contributed by atoms with E-state index >= 15 is 0 Å². The first-order valence-corrected chi connectivity index (χ1v) is 4.96. The molecule has 0 spiro atoms. The van der Waals surface area contributed by atoms with Gasteiger partial charge in [-0.05, 0) is 24.3 Å². The van der Waals surface area contributed by atoms with E-state index in [1.165, 1.54) is 0 Å². The number of nitrogens with zero attached hydrogens (tertiary/aromatic N) is 2. The van der Waals surface area contributed by atoms with Crippen molar-refractivity contribution in [3.05, 3.63) is 72.5 Å². The van der Waals surface area contributed by atoms with Gasteiger partial charge in [0.15, 0.2) is 0 Å². The number of aromatic nitrogens is 2. The summed E-state index contributed by atoms with van der Waals surface area (Å²) < 4.78 is 0. The summed E-state index contributed by atoms with van der Waals surface area (Å²) in [6.45, 7) is 3.47. The summed E-state index contributed by atoms with van der Waals surface area (Å²) >= 11 is 0. The van der Waals surface area contributed by atoms with Gasteiger partial charge in [-0.15, -0.1) is 12.3 Å². The van der Waals surface area contributed by atoms with Crippen LogP contribution in [0.2, 0.25) is 0 Å². The molecule has 80 valence electrons. The van der Waals surface area contributed by atoms with Crippen molar-refractivity contribution in [1.82, 2.24) is 9.97 Å². The molecule has 2 aromatic heterocycles. The van der Waals surface area contributed by atoms with Crippen LogP contribution in [0.15, 0.2) is 61.1 Å². The zero-order valence-electron chi connectivity index (χ0n) is 8.71. The minimum absolute atomic E-state index is 0.197. The average Bonchev–Trinajstić information content (AvgIpc) is 2.31. The van der Waals surface area contributed by atoms with E-state index in [2.05, 4.69) is 16.5 Å². The Morgan fingerprint density at radius 3 is 1.81 bits per heavy atom. The third kappa shape index (κ3) is 2.08. The van der Waals surface area contributed by atoms with Crippen LogP contribution in [0.1, 0.15) is 17.3 Å². The van der Waals surface area contributed by atoms with Crippen molar-refractivity contribution < 1.29 is 5.11 Å². The van der Waals surface area contributed by atoms with Crippen LogP contribution in [-0.4, -0.2) is 9.97 Å². The Kier molecular flexibility index (Phi) is 2.96. The Morgan fingerprint density at radius 1 is 1.00 bits per heavy atom. The highest BCUT2D eigenvalue weighted by atomic mass is 16.3. The molecule has 0 saturated carbocycles. The van der Waals surface area contributed by atoms with Crippen LogP contribution in [0.5, 0.6) is 0 Å². The first-order valence-electron chi connectivity index (χ1n) is 4.96. The summed E-state index contributed by atoms with van der Waals surface area (Å²) in [5.41, 5.74) is 1.36. The number of allylic oxidation sites excluding steroid dienone is 1. The molecule has 0 amide bonds. The molecule has 0 N–H and O–H groups in total. The second-order valence-electron chi connectivity index (χ2n) is 3.41. The molecule has 16 heavy (non-hydrogen) atoms. The van der Waals surface area contributed by atoms with E-state index < -0.39 is 5.92 Å². The molecule has 3 nitrogen and oxygen atoms in total. The monoisotopic (exact) mass is 211 g/mol. The Hall–Kier alpha value is -2.16. The molecule has 0 aliphatic heterocycles. The maximum absolute atomic E-state index is 11.6. The van der Waals surface area contributed by atoms with Crippen molar-refractivity contribution in [2.45, 2.75) is 5.92 Å². The zero-order valence-corrected chi connectivity index (χ0v) is 8.71. The van der Waals surface area contributed by atoms with Gasteiger partial charge >= 0.3 is 0 Å². The minimum atomic E-state index is -0.470. The van der Waals surface area contributed by atoms with Crippen molar-refractivity contribution in [1.29, 1.82) is 0 Å². The molecular weight excluding hydrogens is 200 g/mol. The van der Waals surface area contributed by atoms with Crippen LogP contribution in [0.3, 0.4) is 0 Å². The van der Waals surface area contributed by atoms with Gasteiger partial charge in [0.1, 0.15) is 0 Å². The van der Waals surface area contributed by atoms with Gasteiger partial charge in [-0.25, -0.2) is 0 Å². The standard InChI is InChI=1S/C13H12N2O/c1-10(16)13(11-6-2-4-8-14-11)12-7-3-5-9-15-12/h2-9,13,16H,1H2/p-1. The van der Waals surface area contributed by atoms with Crippen molar-refractivity contribution in [3.63, 3.8) is 0 Å². The van der Waals surface area contributed by atoms with Gasteiger partial charge in [-0.3, -0.25) is 9.97 Å². The van der Waals surface area contributed by atoms with E-state index in [-0.39, 0.29) is 5.76 Å². The second-order valence-corrected chi connectivity index (χ2v) is 3.41. The van der Waals surface area contributed by atoms with E-state index in [0.717, 1.165) is 0 Å². The molecule has 0 aliphatic carbocycles. The summed E-state index contributed by atoms with van der Waals surface area (Å²) in [6, 6.07) is 10.9. The topological polar surface area (TPSA) is 48.8 Å². The van der Waals surface area contributed by atoms with Gasteiger partial charge in [0.2, 0.25) is 0 Å². The first-order chi connectivity index (χ1) is 7.79. The Morgan fingerprint density at radius 2 is 1.50 bits per heavy atom. The Bertz CT molecular complexity index is 428. The zero-order chi connectivity index (χ0) is 11.4. The van der Waals surface area contributed by atoms with Crippen molar-refractivity contribution >= 4 is 0 Å². The normalized spacial score (nSPS) is 10.3. The maximum atomic E-state index is 11.6. The predicted octanol–water partition coefficient (Wildman–Crippen LogP) is 1.48. The van der Waals surface area contributed by atoms with Crippen LogP contribution in [-0.2, 0) is 0 Å². The third-order valence-corrected chi connectivity index (χ3v) is 2.29. The molecule has 0 aromatic carbocycles. The molecule has 2 aromatic rings. The van der Waals surface area contributed by atoms with Crippen LogP contribution in [0.25, 0.3) is 0 Å². The Labute approximate surface area is 94.1 Å². The molecule has 3 heteroatoms. The summed E-state index contributed by atoms with van der Waals surface area (Å²) in [5.74, 6) is -0.667. The van der Waals surface area contributed by atoms with Gasteiger partial charge in [0.25, 0.3) is 0 Å². The highest BCUT2D eigenvalue weighted by molar-refractivity contribution is 5.29. The molecular formula is C13H11N2O-. The van der Waals surface area contributed by atoms with E-state index in [4.69, 9.17) is 0 Å². The van der Waals surface area contributed by atoms with E-state index in [9.17, 15) is 5.11 Å². The number of hydrogen-bond acceptors (Lipinski definition) is 3. The Balaban J connectivity index is 2.44. The largest absolute Gasteiger partial charge is 0.875 e. The highest BCUT2D eigenvalue weighted by Gasteiger charge is 2.13. The fourth-order valence-corrected chi connectivity index (χ4v) is 1.57. The molecule has 0 unspecified atom stereocenters. The van der Waals surface area contributed by atoms with Gasteiger partial charge in [0.05, 0.1) is 17.3 Å². The lowest BCUT2D eigenvalue weighted by atomic mass is 9.98. The lowest BCUT2D eigenvalue weighted by Crippen LogP contribution is -2.16. The number of pyridine rings is 2. The molecule has 0 bridgehead atoms. The summed E-state index contributed by atoms with van der Waals surface area (Å²) in [6.07, 6.45) is 3.32. The molecule has 2 rings (SSSR count). The maximum Gasteiger partial charge on any atom is 0.0540 e.